The fourth-order valence-corrected chi connectivity index (χ4v) is 5.26. The van der Waals surface area contributed by atoms with E-state index in [9.17, 15) is 19.2 Å². The quantitative estimate of drug-likeness (QED) is 0.730. The summed E-state index contributed by atoms with van der Waals surface area (Å²) in [5.74, 6) is 0.00321. The molecule has 4 N–H and O–H groups in total. The first kappa shape index (κ1) is 16.1. The molecule has 1 amide bonds. The molecule has 134 valence electrons. The first-order chi connectivity index (χ1) is 11.9. The summed E-state index contributed by atoms with van der Waals surface area (Å²) < 4.78 is 1.25. The topological polar surface area (TPSA) is 127 Å². The number of nitrogens with zero attached hydrogens (tertiary/aromatic N) is 1. The molecule has 4 unspecified atom stereocenters. The van der Waals surface area contributed by atoms with Crippen LogP contribution in [0.5, 0.6) is 0 Å². The monoisotopic (exact) mass is 346 g/mol. The van der Waals surface area contributed by atoms with E-state index in [1.54, 1.807) is 0 Å². The molecule has 25 heavy (non-hydrogen) atoms. The van der Waals surface area contributed by atoms with Gasteiger partial charge in [0.05, 0.1) is 5.41 Å². The molecule has 4 fully saturated rings. The summed E-state index contributed by atoms with van der Waals surface area (Å²) in [5.41, 5.74) is 3.88. The average Bonchev–Trinajstić information content (AvgIpc) is 2.94. The van der Waals surface area contributed by atoms with Crippen molar-refractivity contribution in [2.45, 2.75) is 45.6 Å². The van der Waals surface area contributed by atoms with Gasteiger partial charge in [0.2, 0.25) is 5.91 Å². The number of nitrogens with one attached hydrogen (secondary N) is 2. The number of hydrogen-bond acceptors (Lipinski definition) is 5. The minimum absolute atomic E-state index is 0.0204. The van der Waals surface area contributed by atoms with Crippen molar-refractivity contribution >= 4 is 23.2 Å². The highest BCUT2D eigenvalue weighted by Crippen LogP contribution is 2.63. The van der Waals surface area contributed by atoms with Crippen molar-refractivity contribution < 1.29 is 9.59 Å². The van der Waals surface area contributed by atoms with Crippen LogP contribution in [-0.2, 0) is 16.1 Å². The third-order valence-electron chi connectivity index (χ3n) is 6.24. The second kappa shape index (κ2) is 5.31. The number of carbonyl (C=O) groups excluding carboxylic acids is 2. The number of H-pyrrole nitrogens is 1. The van der Waals surface area contributed by atoms with E-state index in [2.05, 4.69) is 10.3 Å². The number of aromatic nitrogens is 2. The summed E-state index contributed by atoms with van der Waals surface area (Å²) in [6.45, 7) is 2.23. The summed E-state index contributed by atoms with van der Waals surface area (Å²) >= 11 is 0. The molecule has 0 aromatic carbocycles. The Balaban J connectivity index is 1.69. The van der Waals surface area contributed by atoms with E-state index >= 15 is 0 Å². The molecular formula is C17H22N4O4. The van der Waals surface area contributed by atoms with Gasteiger partial charge in [-0.05, 0) is 38.0 Å². The molecule has 0 radical (unpaired) electrons. The van der Waals surface area contributed by atoms with E-state index < -0.39 is 16.7 Å². The summed E-state index contributed by atoms with van der Waals surface area (Å²) in [7, 11) is 0. The number of ketones is 1. The highest BCUT2D eigenvalue weighted by molar-refractivity contribution is 6.04. The van der Waals surface area contributed by atoms with Gasteiger partial charge in [-0.25, -0.2) is 4.79 Å². The number of aromatic amines is 1. The molecule has 8 nitrogen and oxygen atoms in total. The van der Waals surface area contributed by atoms with Crippen molar-refractivity contribution in [2.75, 3.05) is 11.1 Å². The maximum atomic E-state index is 13.0. The lowest BCUT2D eigenvalue weighted by Crippen LogP contribution is -2.41. The van der Waals surface area contributed by atoms with Crippen LogP contribution in [-0.4, -0.2) is 21.2 Å². The van der Waals surface area contributed by atoms with E-state index in [0.29, 0.717) is 31.7 Å². The highest BCUT2D eigenvalue weighted by Gasteiger charge is 2.65. The summed E-state index contributed by atoms with van der Waals surface area (Å²) in [6.07, 6.45) is 3.56. The predicted molar refractivity (Wildman–Crippen MR) is 91.0 cm³/mol. The third kappa shape index (κ3) is 2.12. The number of rotatable bonds is 4. The van der Waals surface area contributed by atoms with Crippen LogP contribution in [0.2, 0.25) is 0 Å². The molecule has 1 aromatic heterocycles. The summed E-state index contributed by atoms with van der Waals surface area (Å²) in [6, 6.07) is 0. The standard InChI is InChI=1S/C17H22N4O4/c1-2-3-21-13(18)11(14(23)20-16(21)25)19-15(24)17-6-8-4-9(7-17)12(22)10(17)5-8/h8-10H,2-7,18H2,1H3,(H,19,24)(H,20,23,25). The van der Waals surface area contributed by atoms with E-state index in [4.69, 9.17) is 5.73 Å². The molecule has 8 heteroatoms. The number of anilines is 2. The SMILES string of the molecule is CCCn1c(N)c(NC(=O)C23CC4CC(C2)C(=O)C3C4)c(=O)[nH]c1=O. The lowest BCUT2D eigenvalue weighted by atomic mass is 9.75. The van der Waals surface area contributed by atoms with Crippen molar-refractivity contribution in [1.82, 2.24) is 9.55 Å². The van der Waals surface area contributed by atoms with Gasteiger partial charge in [-0.15, -0.1) is 0 Å². The van der Waals surface area contributed by atoms with Gasteiger partial charge >= 0.3 is 5.69 Å². The zero-order valence-electron chi connectivity index (χ0n) is 14.1. The number of amides is 1. The van der Waals surface area contributed by atoms with Crippen LogP contribution in [0.4, 0.5) is 11.5 Å². The maximum absolute atomic E-state index is 13.0. The largest absolute Gasteiger partial charge is 0.383 e. The number of nitrogen functional groups attached to an aromatic ring is 1. The zero-order chi connectivity index (χ0) is 17.9. The Morgan fingerprint density at radius 1 is 1.32 bits per heavy atom. The van der Waals surface area contributed by atoms with Crippen LogP contribution in [0.3, 0.4) is 0 Å². The van der Waals surface area contributed by atoms with Gasteiger partial charge in [0.1, 0.15) is 17.3 Å². The summed E-state index contributed by atoms with van der Waals surface area (Å²) in [4.78, 5) is 51.7. The average molecular weight is 346 g/mol. The van der Waals surface area contributed by atoms with Crippen molar-refractivity contribution in [3.63, 3.8) is 0 Å². The van der Waals surface area contributed by atoms with Gasteiger partial charge in [0.25, 0.3) is 5.56 Å². The molecule has 0 spiro atoms. The van der Waals surface area contributed by atoms with Gasteiger partial charge in [-0.2, -0.15) is 0 Å². The number of carbonyl (C=O) groups is 2. The number of hydrogen-bond donors (Lipinski definition) is 3. The van der Waals surface area contributed by atoms with E-state index in [-0.39, 0.29) is 35.0 Å². The van der Waals surface area contributed by atoms with Crippen molar-refractivity contribution in [3.05, 3.63) is 20.8 Å². The van der Waals surface area contributed by atoms with Gasteiger partial charge in [-0.1, -0.05) is 6.92 Å². The van der Waals surface area contributed by atoms with Gasteiger partial charge in [0, 0.05) is 18.4 Å². The second-order valence-electron chi connectivity index (χ2n) is 7.68. The molecule has 0 saturated heterocycles. The molecule has 0 aliphatic heterocycles. The highest BCUT2D eigenvalue weighted by atomic mass is 16.2. The smallest absolute Gasteiger partial charge is 0.330 e. The van der Waals surface area contributed by atoms with Gasteiger partial charge in [0.15, 0.2) is 0 Å². The van der Waals surface area contributed by atoms with Gasteiger partial charge < -0.3 is 11.1 Å². The van der Waals surface area contributed by atoms with Crippen molar-refractivity contribution in [2.24, 2.45) is 23.2 Å². The number of nitrogens with two attached hydrogens (primary N) is 1. The van der Waals surface area contributed by atoms with E-state index in [1.807, 2.05) is 6.92 Å². The Bertz CT molecular complexity index is 886. The van der Waals surface area contributed by atoms with Crippen LogP contribution >= 0.6 is 0 Å². The van der Waals surface area contributed by atoms with Crippen molar-refractivity contribution in [1.29, 1.82) is 0 Å². The lowest BCUT2D eigenvalue weighted by Gasteiger charge is -2.30. The summed E-state index contributed by atoms with van der Waals surface area (Å²) in [5, 5.41) is 2.65. The first-order valence-electron chi connectivity index (χ1n) is 8.85. The van der Waals surface area contributed by atoms with E-state index in [1.165, 1.54) is 4.57 Å². The Hall–Kier alpha value is -2.38. The fraction of sp³-hybridized carbons (Fsp3) is 0.647. The van der Waals surface area contributed by atoms with Crippen molar-refractivity contribution in [3.8, 4) is 0 Å². The number of Topliss-reactive ketones (excluding diaryl/α,β-unsaturated/α-hetero) is 1. The molecule has 4 bridgehead atoms. The Morgan fingerprint density at radius 3 is 2.80 bits per heavy atom. The second-order valence-corrected chi connectivity index (χ2v) is 7.68. The Kier molecular flexibility index (Phi) is 3.42. The minimum Gasteiger partial charge on any atom is -0.383 e. The molecule has 1 heterocycles. The Morgan fingerprint density at radius 2 is 2.08 bits per heavy atom. The minimum atomic E-state index is -0.713. The van der Waals surface area contributed by atoms with Crippen LogP contribution in [0, 0.1) is 23.2 Å². The molecule has 4 aliphatic carbocycles. The fourth-order valence-electron chi connectivity index (χ4n) is 5.26. The molecule has 4 saturated carbocycles. The van der Waals surface area contributed by atoms with Crippen LogP contribution in [0.25, 0.3) is 0 Å². The third-order valence-corrected chi connectivity index (χ3v) is 6.24. The zero-order valence-corrected chi connectivity index (χ0v) is 14.1. The molecule has 5 rings (SSSR count). The van der Waals surface area contributed by atoms with Gasteiger partial charge in [-0.3, -0.25) is 23.9 Å². The molecule has 1 aromatic rings. The molecule has 4 atom stereocenters. The predicted octanol–water partition coefficient (Wildman–Crippen LogP) is 0.473. The molecule has 4 aliphatic rings. The first-order valence-corrected chi connectivity index (χ1v) is 8.85. The Labute approximate surface area is 143 Å². The molecular weight excluding hydrogens is 324 g/mol. The normalized spacial score (nSPS) is 32.4. The van der Waals surface area contributed by atoms with E-state index in [0.717, 1.165) is 12.8 Å². The maximum Gasteiger partial charge on any atom is 0.330 e. The van der Waals surface area contributed by atoms with Crippen LogP contribution in [0.15, 0.2) is 9.59 Å². The van der Waals surface area contributed by atoms with Crippen LogP contribution < -0.4 is 22.3 Å². The van der Waals surface area contributed by atoms with Crippen LogP contribution in [0.1, 0.15) is 39.0 Å². The lowest BCUT2D eigenvalue weighted by molar-refractivity contribution is -0.131.